The van der Waals surface area contributed by atoms with E-state index in [-0.39, 0.29) is 5.97 Å². The molecule has 0 heterocycles. The molecule has 0 spiro atoms. The van der Waals surface area contributed by atoms with Crippen LogP contribution in [0.1, 0.15) is 44.7 Å². The Morgan fingerprint density at radius 3 is 2.29 bits per heavy atom. The fourth-order valence-electron chi connectivity index (χ4n) is 1.57. The molecule has 0 N–H and O–H groups in total. The number of ether oxygens (including phenoxy) is 1. The van der Waals surface area contributed by atoms with E-state index in [1.807, 2.05) is 6.92 Å². The van der Waals surface area contributed by atoms with E-state index in [2.05, 4.69) is 38.1 Å². The standard InChI is InChI=1S/C15H20O2/c1-11(2)15-7-5-14(6-8-15)9-12(3)10-17-13(4)16/h5-8,10-11H,9H2,1-4H3. The van der Waals surface area contributed by atoms with E-state index in [1.54, 1.807) is 0 Å². The highest BCUT2D eigenvalue weighted by atomic mass is 16.5. The Bertz CT molecular complexity index is 399. The maximum absolute atomic E-state index is 10.7. The minimum absolute atomic E-state index is 0.278. The zero-order valence-electron chi connectivity index (χ0n) is 11.0. The fourth-order valence-corrected chi connectivity index (χ4v) is 1.57. The van der Waals surface area contributed by atoms with Gasteiger partial charge in [0, 0.05) is 6.92 Å². The number of esters is 1. The van der Waals surface area contributed by atoms with Gasteiger partial charge in [0.05, 0.1) is 6.26 Å². The lowest BCUT2D eigenvalue weighted by Crippen LogP contribution is -1.94. The van der Waals surface area contributed by atoms with E-state index < -0.39 is 0 Å². The lowest BCUT2D eigenvalue weighted by Gasteiger charge is -2.07. The first-order chi connectivity index (χ1) is 7.99. The van der Waals surface area contributed by atoms with Crippen molar-refractivity contribution in [1.29, 1.82) is 0 Å². The highest BCUT2D eigenvalue weighted by molar-refractivity contribution is 5.66. The summed E-state index contributed by atoms with van der Waals surface area (Å²) in [7, 11) is 0. The van der Waals surface area contributed by atoms with Crippen molar-refractivity contribution in [1.82, 2.24) is 0 Å². The summed E-state index contributed by atoms with van der Waals surface area (Å²) in [6, 6.07) is 8.55. The summed E-state index contributed by atoms with van der Waals surface area (Å²) >= 11 is 0. The monoisotopic (exact) mass is 232 g/mol. The van der Waals surface area contributed by atoms with E-state index in [0.717, 1.165) is 12.0 Å². The molecule has 0 atom stereocenters. The fraction of sp³-hybridized carbons (Fsp3) is 0.400. The second-order valence-electron chi connectivity index (χ2n) is 4.65. The molecule has 0 aromatic heterocycles. The predicted octanol–water partition coefficient (Wildman–Crippen LogP) is 3.82. The predicted molar refractivity (Wildman–Crippen MR) is 69.8 cm³/mol. The summed E-state index contributed by atoms with van der Waals surface area (Å²) in [5, 5.41) is 0. The van der Waals surface area contributed by atoms with E-state index in [9.17, 15) is 4.79 Å². The Morgan fingerprint density at radius 1 is 1.24 bits per heavy atom. The largest absolute Gasteiger partial charge is 0.435 e. The van der Waals surface area contributed by atoms with Crippen LogP contribution in [0.3, 0.4) is 0 Å². The molecule has 0 saturated heterocycles. The molecule has 0 amide bonds. The van der Waals surface area contributed by atoms with Crippen molar-refractivity contribution in [3.05, 3.63) is 47.2 Å². The number of hydrogen-bond donors (Lipinski definition) is 0. The van der Waals surface area contributed by atoms with Crippen molar-refractivity contribution in [2.45, 2.75) is 40.0 Å². The van der Waals surface area contributed by atoms with Crippen LogP contribution in [0.4, 0.5) is 0 Å². The van der Waals surface area contributed by atoms with E-state index in [0.29, 0.717) is 5.92 Å². The molecule has 0 radical (unpaired) electrons. The molecule has 0 unspecified atom stereocenters. The summed E-state index contributed by atoms with van der Waals surface area (Å²) < 4.78 is 4.84. The van der Waals surface area contributed by atoms with Crippen molar-refractivity contribution in [3.63, 3.8) is 0 Å². The molecule has 1 aromatic carbocycles. The van der Waals surface area contributed by atoms with Gasteiger partial charge >= 0.3 is 5.97 Å². The third kappa shape index (κ3) is 4.85. The highest BCUT2D eigenvalue weighted by Gasteiger charge is 2.00. The molecule has 0 fully saturated rings. The third-order valence-corrected chi connectivity index (χ3v) is 2.56. The van der Waals surface area contributed by atoms with E-state index >= 15 is 0 Å². The van der Waals surface area contributed by atoms with E-state index in [4.69, 9.17) is 4.74 Å². The van der Waals surface area contributed by atoms with Crippen LogP contribution in [0, 0.1) is 0 Å². The van der Waals surface area contributed by atoms with Crippen LogP contribution in [-0.2, 0) is 16.0 Å². The summed E-state index contributed by atoms with van der Waals surface area (Å²) in [6.45, 7) is 7.72. The van der Waals surface area contributed by atoms with Gasteiger partial charge in [-0.2, -0.15) is 0 Å². The number of hydrogen-bond acceptors (Lipinski definition) is 2. The van der Waals surface area contributed by atoms with Gasteiger partial charge in [-0.1, -0.05) is 38.1 Å². The molecule has 0 saturated carbocycles. The lowest BCUT2D eigenvalue weighted by molar-refractivity contribution is -0.135. The maximum Gasteiger partial charge on any atom is 0.307 e. The zero-order chi connectivity index (χ0) is 12.8. The topological polar surface area (TPSA) is 26.3 Å². The van der Waals surface area contributed by atoms with Crippen LogP contribution in [0.2, 0.25) is 0 Å². The zero-order valence-corrected chi connectivity index (χ0v) is 11.0. The summed E-state index contributed by atoms with van der Waals surface area (Å²) in [5.74, 6) is 0.279. The Hall–Kier alpha value is -1.57. The molecule has 0 aliphatic carbocycles. The van der Waals surface area contributed by atoms with Crippen LogP contribution in [0.5, 0.6) is 0 Å². The van der Waals surface area contributed by atoms with Gasteiger partial charge in [0.25, 0.3) is 0 Å². The minimum Gasteiger partial charge on any atom is -0.435 e. The van der Waals surface area contributed by atoms with Crippen molar-refractivity contribution in [2.75, 3.05) is 0 Å². The molecular formula is C15H20O2. The summed E-state index contributed by atoms with van der Waals surface area (Å²) in [6.07, 6.45) is 2.34. The lowest BCUT2D eigenvalue weighted by atomic mass is 9.99. The van der Waals surface area contributed by atoms with Crippen molar-refractivity contribution >= 4 is 5.97 Å². The van der Waals surface area contributed by atoms with Gasteiger partial charge in [-0.05, 0) is 36.0 Å². The molecule has 0 aliphatic heterocycles. The van der Waals surface area contributed by atoms with Gasteiger partial charge < -0.3 is 4.74 Å². The molecule has 1 aromatic rings. The van der Waals surface area contributed by atoms with Crippen LogP contribution in [0.15, 0.2) is 36.1 Å². The van der Waals surface area contributed by atoms with Gasteiger partial charge in [0.15, 0.2) is 0 Å². The number of carbonyl (C=O) groups is 1. The SMILES string of the molecule is CC(=O)OC=C(C)Cc1ccc(C(C)C)cc1. The molecule has 2 heteroatoms. The summed E-state index contributed by atoms with van der Waals surface area (Å²) in [4.78, 5) is 10.7. The van der Waals surface area contributed by atoms with Crippen molar-refractivity contribution in [3.8, 4) is 0 Å². The average Bonchev–Trinajstić information content (AvgIpc) is 2.27. The Balaban J connectivity index is 2.63. The second-order valence-corrected chi connectivity index (χ2v) is 4.65. The van der Waals surface area contributed by atoms with Crippen molar-refractivity contribution < 1.29 is 9.53 Å². The first kappa shape index (κ1) is 13.5. The number of benzene rings is 1. The van der Waals surface area contributed by atoms with Gasteiger partial charge in [0.1, 0.15) is 0 Å². The van der Waals surface area contributed by atoms with Crippen molar-refractivity contribution in [2.24, 2.45) is 0 Å². The quantitative estimate of drug-likeness (QED) is 0.582. The molecule has 1 rings (SSSR count). The van der Waals surface area contributed by atoms with Gasteiger partial charge in [0.2, 0.25) is 0 Å². The van der Waals surface area contributed by atoms with Crippen LogP contribution in [-0.4, -0.2) is 5.97 Å². The van der Waals surface area contributed by atoms with Gasteiger partial charge in [-0.3, -0.25) is 4.79 Å². The second kappa shape index (κ2) is 6.24. The molecule has 0 aliphatic rings. The average molecular weight is 232 g/mol. The minimum atomic E-state index is -0.278. The number of carbonyl (C=O) groups excluding carboxylic acids is 1. The molecule has 17 heavy (non-hydrogen) atoms. The molecule has 92 valence electrons. The highest BCUT2D eigenvalue weighted by Crippen LogP contribution is 2.16. The smallest absolute Gasteiger partial charge is 0.307 e. The molecular weight excluding hydrogens is 212 g/mol. The Kier molecular flexibility index (Phi) is 4.95. The summed E-state index contributed by atoms with van der Waals surface area (Å²) in [5.41, 5.74) is 3.61. The number of allylic oxidation sites excluding steroid dienone is 1. The normalized spacial score (nSPS) is 11.7. The van der Waals surface area contributed by atoms with Gasteiger partial charge in [-0.15, -0.1) is 0 Å². The third-order valence-electron chi connectivity index (χ3n) is 2.56. The van der Waals surface area contributed by atoms with Crippen LogP contribution >= 0.6 is 0 Å². The van der Waals surface area contributed by atoms with Crippen LogP contribution < -0.4 is 0 Å². The molecule has 2 nitrogen and oxygen atoms in total. The van der Waals surface area contributed by atoms with Gasteiger partial charge in [-0.25, -0.2) is 0 Å². The maximum atomic E-state index is 10.7. The van der Waals surface area contributed by atoms with Crippen LogP contribution in [0.25, 0.3) is 0 Å². The Labute approximate surface area is 103 Å². The Morgan fingerprint density at radius 2 is 1.82 bits per heavy atom. The molecule has 0 bridgehead atoms. The first-order valence-electron chi connectivity index (χ1n) is 5.90. The first-order valence-corrected chi connectivity index (χ1v) is 5.90. The van der Waals surface area contributed by atoms with E-state index in [1.165, 1.54) is 24.3 Å². The number of rotatable bonds is 4.